The molecule has 0 aliphatic rings. The van der Waals surface area contributed by atoms with Crippen molar-refractivity contribution < 1.29 is 13.3 Å². The van der Waals surface area contributed by atoms with Crippen molar-refractivity contribution in [3.05, 3.63) is 59.9 Å². The van der Waals surface area contributed by atoms with E-state index in [0.717, 1.165) is 11.3 Å². The summed E-state index contributed by atoms with van der Waals surface area (Å²) in [4.78, 5) is 0.189. The number of hydrogen-bond acceptors (Lipinski definition) is 3. The Bertz CT molecular complexity index is 630. The molecule has 21 heavy (non-hydrogen) atoms. The van der Waals surface area contributed by atoms with Gasteiger partial charge in [0.05, 0.1) is 28.1 Å². The second kappa shape index (κ2) is 6.83. The Kier molecular flexibility index (Phi) is 5.09. The van der Waals surface area contributed by atoms with Crippen molar-refractivity contribution in [2.75, 3.05) is 7.11 Å². The molecule has 5 heteroatoms. The molecular weight excluding hydrogens is 289 g/mol. The van der Waals surface area contributed by atoms with Crippen molar-refractivity contribution in [2.24, 2.45) is 5.73 Å². The monoisotopic (exact) mass is 307 g/mol. The highest BCUT2D eigenvalue weighted by Gasteiger charge is 2.24. The first-order valence-corrected chi connectivity index (χ1v) is 7.80. The van der Waals surface area contributed by atoms with Crippen LogP contribution in [0.2, 0.25) is 0 Å². The van der Waals surface area contributed by atoms with E-state index in [1.165, 1.54) is 12.1 Å². The van der Waals surface area contributed by atoms with Crippen LogP contribution in [0.4, 0.5) is 4.39 Å². The first-order chi connectivity index (χ1) is 10.0. The second-order valence-corrected chi connectivity index (χ2v) is 6.51. The third kappa shape index (κ3) is 3.49. The predicted octanol–water partition coefficient (Wildman–Crippen LogP) is 3.03. The maximum absolute atomic E-state index is 13.7. The van der Waals surface area contributed by atoms with Gasteiger partial charge >= 0.3 is 0 Å². The summed E-state index contributed by atoms with van der Waals surface area (Å²) in [6.45, 7) is 1.76. The molecule has 0 aromatic heterocycles. The van der Waals surface area contributed by atoms with Crippen LogP contribution in [0.1, 0.15) is 18.5 Å². The van der Waals surface area contributed by atoms with Crippen LogP contribution in [0, 0.1) is 5.82 Å². The highest BCUT2D eigenvalue weighted by Crippen LogP contribution is 2.25. The molecule has 2 rings (SSSR count). The third-order valence-electron chi connectivity index (χ3n) is 3.40. The molecule has 0 saturated carbocycles. The first-order valence-electron chi connectivity index (χ1n) is 6.59. The summed E-state index contributed by atoms with van der Waals surface area (Å²) in [6.07, 6.45) is 0. The minimum absolute atomic E-state index is 0.189. The quantitative estimate of drug-likeness (QED) is 0.924. The molecule has 0 aliphatic carbocycles. The predicted molar refractivity (Wildman–Crippen MR) is 82.2 cm³/mol. The van der Waals surface area contributed by atoms with E-state index in [-0.39, 0.29) is 4.90 Å². The Labute approximate surface area is 126 Å². The van der Waals surface area contributed by atoms with E-state index in [1.54, 1.807) is 38.3 Å². The lowest BCUT2D eigenvalue weighted by molar-refractivity contribution is 0.414. The van der Waals surface area contributed by atoms with Crippen molar-refractivity contribution in [1.82, 2.24) is 0 Å². The number of rotatable bonds is 5. The summed E-state index contributed by atoms with van der Waals surface area (Å²) < 4.78 is 31.3. The molecule has 3 nitrogen and oxygen atoms in total. The van der Waals surface area contributed by atoms with Gasteiger partial charge in [0, 0.05) is 6.04 Å². The topological polar surface area (TPSA) is 52.3 Å². The van der Waals surface area contributed by atoms with Crippen LogP contribution in [0.15, 0.2) is 53.4 Å². The van der Waals surface area contributed by atoms with Crippen LogP contribution in [-0.2, 0) is 10.8 Å². The Morgan fingerprint density at radius 3 is 2.33 bits per heavy atom. The smallest absolute Gasteiger partial charge is 0.139 e. The van der Waals surface area contributed by atoms with Gasteiger partial charge < -0.3 is 10.5 Å². The fourth-order valence-corrected chi connectivity index (χ4v) is 3.34. The zero-order valence-electron chi connectivity index (χ0n) is 12.0. The maximum Gasteiger partial charge on any atom is 0.139 e. The molecule has 2 aromatic carbocycles. The minimum atomic E-state index is -1.51. The molecule has 0 fully saturated rings. The third-order valence-corrected chi connectivity index (χ3v) is 5.13. The van der Waals surface area contributed by atoms with Crippen molar-refractivity contribution in [1.29, 1.82) is 0 Å². The highest BCUT2D eigenvalue weighted by atomic mass is 32.2. The van der Waals surface area contributed by atoms with Crippen LogP contribution in [-0.4, -0.2) is 16.6 Å². The largest absolute Gasteiger partial charge is 0.497 e. The van der Waals surface area contributed by atoms with Crippen molar-refractivity contribution in [2.45, 2.75) is 23.1 Å². The molecule has 3 atom stereocenters. The molecule has 0 saturated heterocycles. The van der Waals surface area contributed by atoms with E-state index in [4.69, 9.17) is 10.5 Å². The summed E-state index contributed by atoms with van der Waals surface area (Å²) in [5, 5.41) is -0.407. The standard InChI is InChI=1S/C16H18FNO2S/c1-11(21(19)15-6-4-3-5-14(15)17)16(18)12-7-9-13(20-2)10-8-12/h3-11,16H,18H2,1-2H3. The van der Waals surface area contributed by atoms with Gasteiger partial charge in [0.2, 0.25) is 0 Å². The number of nitrogens with two attached hydrogens (primary N) is 1. The summed E-state index contributed by atoms with van der Waals surface area (Å²) >= 11 is 0. The number of halogens is 1. The SMILES string of the molecule is COc1ccc(C(N)C(C)S(=O)c2ccccc2F)cc1. The lowest BCUT2D eigenvalue weighted by atomic mass is 10.1. The maximum atomic E-state index is 13.7. The Balaban J connectivity index is 2.20. The Morgan fingerprint density at radius 1 is 1.14 bits per heavy atom. The minimum Gasteiger partial charge on any atom is -0.497 e. The van der Waals surface area contributed by atoms with Gasteiger partial charge in [-0.1, -0.05) is 24.3 Å². The molecular formula is C16H18FNO2S. The molecule has 2 aromatic rings. The van der Waals surface area contributed by atoms with Crippen LogP contribution in [0.3, 0.4) is 0 Å². The van der Waals surface area contributed by atoms with Gasteiger partial charge in [-0.3, -0.25) is 4.21 Å². The second-order valence-electron chi connectivity index (χ2n) is 4.73. The van der Waals surface area contributed by atoms with Gasteiger partial charge in [-0.15, -0.1) is 0 Å². The van der Waals surface area contributed by atoms with Crippen molar-refractivity contribution in [3.63, 3.8) is 0 Å². The van der Waals surface area contributed by atoms with Gasteiger partial charge in [0.1, 0.15) is 11.6 Å². The number of ether oxygens (including phenoxy) is 1. The van der Waals surface area contributed by atoms with E-state index < -0.39 is 27.9 Å². The molecule has 0 radical (unpaired) electrons. The number of benzene rings is 2. The van der Waals surface area contributed by atoms with Gasteiger partial charge in [-0.2, -0.15) is 0 Å². The fraction of sp³-hybridized carbons (Fsp3) is 0.250. The molecule has 112 valence electrons. The normalized spacial score (nSPS) is 15.2. The zero-order valence-corrected chi connectivity index (χ0v) is 12.8. The summed E-state index contributed by atoms with van der Waals surface area (Å²) in [5.74, 6) is 0.262. The summed E-state index contributed by atoms with van der Waals surface area (Å²) in [7, 11) is 0.0794. The van der Waals surface area contributed by atoms with Crippen LogP contribution >= 0.6 is 0 Å². The molecule has 0 spiro atoms. The van der Waals surface area contributed by atoms with Crippen LogP contribution < -0.4 is 10.5 Å². The average Bonchev–Trinajstić information content (AvgIpc) is 2.53. The van der Waals surface area contributed by atoms with Gasteiger partial charge in [-0.05, 0) is 36.8 Å². The lowest BCUT2D eigenvalue weighted by Crippen LogP contribution is -2.28. The van der Waals surface area contributed by atoms with Crippen LogP contribution in [0.5, 0.6) is 5.75 Å². The van der Waals surface area contributed by atoms with E-state index in [0.29, 0.717) is 0 Å². The van der Waals surface area contributed by atoms with Gasteiger partial charge in [-0.25, -0.2) is 4.39 Å². The number of methoxy groups -OCH3 is 1. The van der Waals surface area contributed by atoms with Gasteiger partial charge in [0.25, 0.3) is 0 Å². The summed E-state index contributed by atoms with van der Waals surface area (Å²) in [5.41, 5.74) is 7.00. The van der Waals surface area contributed by atoms with Gasteiger partial charge in [0.15, 0.2) is 0 Å². The van der Waals surface area contributed by atoms with E-state index >= 15 is 0 Å². The Hall–Kier alpha value is -1.72. The van der Waals surface area contributed by atoms with Crippen molar-refractivity contribution in [3.8, 4) is 5.75 Å². The first kappa shape index (κ1) is 15.7. The number of hydrogen-bond donors (Lipinski definition) is 1. The van der Waals surface area contributed by atoms with Crippen LogP contribution in [0.25, 0.3) is 0 Å². The van der Waals surface area contributed by atoms with Crippen molar-refractivity contribution >= 4 is 10.8 Å². The molecule has 0 aliphatic heterocycles. The Morgan fingerprint density at radius 2 is 1.76 bits per heavy atom. The fourth-order valence-electron chi connectivity index (χ4n) is 2.04. The van der Waals surface area contributed by atoms with E-state index in [9.17, 15) is 8.60 Å². The van der Waals surface area contributed by atoms with E-state index in [2.05, 4.69) is 0 Å². The zero-order chi connectivity index (χ0) is 15.4. The lowest BCUT2D eigenvalue weighted by Gasteiger charge is -2.20. The molecule has 3 unspecified atom stereocenters. The van der Waals surface area contributed by atoms with E-state index in [1.807, 2.05) is 12.1 Å². The molecule has 0 bridgehead atoms. The molecule has 0 heterocycles. The molecule has 0 amide bonds. The highest BCUT2D eigenvalue weighted by molar-refractivity contribution is 7.85. The summed E-state index contributed by atoms with van der Waals surface area (Å²) in [6, 6.07) is 12.9. The average molecular weight is 307 g/mol. The molecule has 2 N–H and O–H groups in total.